The van der Waals surface area contributed by atoms with Gasteiger partial charge in [0.25, 0.3) is 0 Å². The zero-order valence-corrected chi connectivity index (χ0v) is 21.5. The predicted molar refractivity (Wildman–Crippen MR) is 149 cm³/mol. The lowest BCUT2D eigenvalue weighted by Gasteiger charge is -2.16. The summed E-state index contributed by atoms with van der Waals surface area (Å²) in [5, 5.41) is 15.8. The first-order chi connectivity index (χ1) is 18.2. The number of benzene rings is 4. The molecule has 4 rings (SSSR count). The van der Waals surface area contributed by atoms with E-state index in [1.165, 1.54) is 16.7 Å². The number of hydrogen-bond donors (Lipinski definition) is 2. The molecule has 0 aliphatic heterocycles. The molecular formula is C32H33N3O2. The standard InChI is InChI=1S/C32H33N3O2/c1-24-29(12-7-13-31(24)27-10-4-3-5-11-27)23-36-30-15-14-28(21-35-17-16-34-2)32(19-30)37-22-26-9-6-8-25(18-26)20-33/h3-15,18-19,34-35H,16-17,21-23H2,1-2H3. The van der Waals surface area contributed by atoms with Gasteiger partial charge in [0.05, 0.1) is 11.6 Å². The molecule has 0 saturated carbocycles. The fourth-order valence-electron chi connectivity index (χ4n) is 4.16. The van der Waals surface area contributed by atoms with Crippen LogP contribution in [0, 0.1) is 18.3 Å². The summed E-state index contributed by atoms with van der Waals surface area (Å²) in [6.07, 6.45) is 0. The van der Waals surface area contributed by atoms with Crippen molar-refractivity contribution in [1.29, 1.82) is 5.26 Å². The molecule has 0 radical (unpaired) electrons. The molecule has 0 amide bonds. The van der Waals surface area contributed by atoms with Crippen molar-refractivity contribution in [2.45, 2.75) is 26.7 Å². The van der Waals surface area contributed by atoms with E-state index >= 15 is 0 Å². The molecule has 2 N–H and O–H groups in total. The highest BCUT2D eigenvalue weighted by Gasteiger charge is 2.10. The van der Waals surface area contributed by atoms with Gasteiger partial charge in [-0.3, -0.25) is 0 Å². The molecule has 0 bridgehead atoms. The molecule has 0 aliphatic rings. The van der Waals surface area contributed by atoms with Crippen LogP contribution in [0.2, 0.25) is 0 Å². The van der Waals surface area contributed by atoms with Crippen LogP contribution < -0.4 is 20.1 Å². The van der Waals surface area contributed by atoms with Crippen molar-refractivity contribution >= 4 is 0 Å². The van der Waals surface area contributed by atoms with E-state index < -0.39 is 0 Å². The van der Waals surface area contributed by atoms with Crippen molar-refractivity contribution < 1.29 is 9.47 Å². The first-order valence-electron chi connectivity index (χ1n) is 12.5. The summed E-state index contributed by atoms with van der Waals surface area (Å²) in [5.74, 6) is 1.52. The molecule has 0 atom stereocenters. The SMILES string of the molecule is CNCCNCc1ccc(OCc2cccc(-c3ccccc3)c2C)cc1OCc1cccc(C#N)c1. The number of nitrogens with one attached hydrogen (secondary N) is 2. The molecular weight excluding hydrogens is 458 g/mol. The third-order valence-corrected chi connectivity index (χ3v) is 6.28. The lowest BCUT2D eigenvalue weighted by molar-refractivity contribution is 0.287. The maximum Gasteiger partial charge on any atom is 0.127 e. The maximum atomic E-state index is 9.20. The van der Waals surface area contributed by atoms with Gasteiger partial charge < -0.3 is 20.1 Å². The Kier molecular flexibility index (Phi) is 9.31. The summed E-state index contributed by atoms with van der Waals surface area (Å²) < 4.78 is 12.5. The quantitative estimate of drug-likeness (QED) is 0.238. The van der Waals surface area contributed by atoms with Crippen molar-refractivity contribution in [3.8, 4) is 28.7 Å². The van der Waals surface area contributed by atoms with Crippen molar-refractivity contribution in [2.75, 3.05) is 20.1 Å². The molecule has 0 saturated heterocycles. The fourth-order valence-corrected chi connectivity index (χ4v) is 4.16. The van der Waals surface area contributed by atoms with Crippen molar-refractivity contribution in [3.05, 3.63) is 119 Å². The number of nitriles is 1. The first kappa shape index (κ1) is 26.0. The van der Waals surface area contributed by atoms with Crippen LogP contribution in [-0.4, -0.2) is 20.1 Å². The van der Waals surface area contributed by atoms with Gasteiger partial charge in [0.15, 0.2) is 0 Å². The second-order valence-electron chi connectivity index (χ2n) is 8.90. The Labute approximate surface area is 219 Å². The minimum Gasteiger partial charge on any atom is -0.489 e. The topological polar surface area (TPSA) is 66.3 Å². The van der Waals surface area contributed by atoms with Gasteiger partial charge in [0.2, 0.25) is 0 Å². The Balaban J connectivity index is 1.50. The van der Waals surface area contributed by atoms with E-state index in [9.17, 15) is 5.26 Å². The monoisotopic (exact) mass is 491 g/mol. The molecule has 188 valence electrons. The van der Waals surface area contributed by atoms with Crippen molar-refractivity contribution in [1.82, 2.24) is 10.6 Å². The highest BCUT2D eigenvalue weighted by molar-refractivity contribution is 5.68. The Morgan fingerprint density at radius 3 is 2.43 bits per heavy atom. The molecule has 5 heteroatoms. The summed E-state index contributed by atoms with van der Waals surface area (Å²) in [4.78, 5) is 0. The second-order valence-corrected chi connectivity index (χ2v) is 8.90. The maximum absolute atomic E-state index is 9.20. The van der Waals surface area contributed by atoms with E-state index in [4.69, 9.17) is 9.47 Å². The molecule has 4 aromatic carbocycles. The Bertz CT molecular complexity index is 1350. The van der Waals surface area contributed by atoms with Crippen LogP contribution in [0.15, 0.2) is 91.0 Å². The number of rotatable bonds is 12. The summed E-state index contributed by atoms with van der Waals surface area (Å²) >= 11 is 0. The lowest BCUT2D eigenvalue weighted by Crippen LogP contribution is -2.24. The Morgan fingerprint density at radius 1 is 0.784 bits per heavy atom. The number of likely N-dealkylation sites (N-methyl/N-ethyl adjacent to an activating group) is 1. The Morgan fingerprint density at radius 2 is 1.62 bits per heavy atom. The van der Waals surface area contributed by atoms with Gasteiger partial charge in [-0.1, -0.05) is 66.7 Å². The number of hydrogen-bond acceptors (Lipinski definition) is 5. The summed E-state index contributed by atoms with van der Waals surface area (Å²) in [6, 6.07) is 32.4. The van der Waals surface area contributed by atoms with Gasteiger partial charge in [-0.2, -0.15) is 5.26 Å². The fraction of sp³-hybridized carbons (Fsp3) is 0.219. The molecule has 4 aromatic rings. The van der Waals surface area contributed by atoms with Crippen LogP contribution in [-0.2, 0) is 19.8 Å². The van der Waals surface area contributed by atoms with Gasteiger partial charge in [0.1, 0.15) is 24.7 Å². The third kappa shape index (κ3) is 7.20. The first-order valence-corrected chi connectivity index (χ1v) is 12.5. The van der Waals surface area contributed by atoms with Crippen molar-refractivity contribution in [3.63, 3.8) is 0 Å². The van der Waals surface area contributed by atoms with E-state index in [1.54, 1.807) is 6.07 Å². The molecule has 37 heavy (non-hydrogen) atoms. The minimum absolute atomic E-state index is 0.376. The van der Waals surface area contributed by atoms with Crippen LogP contribution >= 0.6 is 0 Å². The molecule has 5 nitrogen and oxygen atoms in total. The second kappa shape index (κ2) is 13.3. The largest absolute Gasteiger partial charge is 0.489 e. The smallest absolute Gasteiger partial charge is 0.127 e. The van der Waals surface area contributed by atoms with Gasteiger partial charge in [-0.15, -0.1) is 0 Å². The van der Waals surface area contributed by atoms with Crippen LogP contribution in [0.4, 0.5) is 0 Å². The molecule has 0 aromatic heterocycles. The highest BCUT2D eigenvalue weighted by atomic mass is 16.5. The van der Waals surface area contributed by atoms with Gasteiger partial charge >= 0.3 is 0 Å². The van der Waals surface area contributed by atoms with E-state index in [1.807, 2.05) is 43.4 Å². The van der Waals surface area contributed by atoms with E-state index in [2.05, 4.69) is 72.2 Å². The van der Waals surface area contributed by atoms with Gasteiger partial charge in [-0.05, 0) is 60.0 Å². The van der Waals surface area contributed by atoms with Gasteiger partial charge in [-0.25, -0.2) is 0 Å². The third-order valence-electron chi connectivity index (χ3n) is 6.28. The van der Waals surface area contributed by atoms with Crippen molar-refractivity contribution in [2.24, 2.45) is 0 Å². The zero-order valence-electron chi connectivity index (χ0n) is 21.5. The van der Waals surface area contributed by atoms with Crippen LogP contribution in [0.3, 0.4) is 0 Å². The van der Waals surface area contributed by atoms with Crippen LogP contribution in [0.1, 0.15) is 27.8 Å². The lowest BCUT2D eigenvalue weighted by atomic mass is 9.97. The molecule has 0 spiro atoms. The molecule has 0 heterocycles. The zero-order chi connectivity index (χ0) is 25.9. The summed E-state index contributed by atoms with van der Waals surface area (Å²) in [6.45, 7) is 5.42. The summed E-state index contributed by atoms with van der Waals surface area (Å²) in [7, 11) is 1.94. The van der Waals surface area contributed by atoms with E-state index in [-0.39, 0.29) is 0 Å². The van der Waals surface area contributed by atoms with E-state index in [0.717, 1.165) is 41.3 Å². The predicted octanol–water partition coefficient (Wildman–Crippen LogP) is 6.00. The Hall–Kier alpha value is -4.11. The number of nitrogens with zero attached hydrogens (tertiary/aromatic N) is 1. The average molecular weight is 492 g/mol. The highest BCUT2D eigenvalue weighted by Crippen LogP contribution is 2.29. The minimum atomic E-state index is 0.376. The number of ether oxygens (including phenoxy) is 2. The molecule has 0 unspecified atom stereocenters. The summed E-state index contributed by atoms with van der Waals surface area (Å²) in [5.41, 5.74) is 7.42. The van der Waals surface area contributed by atoms with Crippen LogP contribution in [0.25, 0.3) is 11.1 Å². The molecule has 0 fully saturated rings. The van der Waals surface area contributed by atoms with E-state index in [0.29, 0.717) is 25.3 Å². The van der Waals surface area contributed by atoms with Gasteiger partial charge in [0, 0.05) is 31.3 Å². The van der Waals surface area contributed by atoms with Crippen LogP contribution in [0.5, 0.6) is 11.5 Å². The molecule has 0 aliphatic carbocycles. The average Bonchev–Trinajstić information content (AvgIpc) is 2.95. The normalized spacial score (nSPS) is 10.6.